The third-order valence-corrected chi connectivity index (χ3v) is 5.22. The fraction of sp³-hybridized carbons (Fsp3) is 0.316. The zero-order valence-electron chi connectivity index (χ0n) is 14.9. The van der Waals surface area contributed by atoms with Crippen LogP contribution in [0.15, 0.2) is 41.3 Å². The average Bonchev–Trinajstić information content (AvgIpc) is 3.42. The van der Waals surface area contributed by atoms with Crippen molar-refractivity contribution < 1.29 is 41.3 Å². The molecule has 2 unspecified atom stereocenters. The minimum absolute atomic E-state index is 0.118. The van der Waals surface area contributed by atoms with Crippen molar-refractivity contribution in [3.05, 3.63) is 47.5 Å². The minimum Gasteiger partial charge on any atom is -0.481 e. The van der Waals surface area contributed by atoms with Gasteiger partial charge in [-0.25, -0.2) is 0 Å². The standard InChI is InChI=1S/C19H15F5O4S/c1-29-16-7-10(3-4-11(16)12-8-13(12)17(25)26)27-14-5-2-9(19(22,23)24)6-15(14)28-18(20)21/h2-7,12-13,18H,8H2,1H3,(H,25,26). The van der Waals surface area contributed by atoms with Gasteiger partial charge in [-0.05, 0) is 54.5 Å². The van der Waals surface area contributed by atoms with E-state index >= 15 is 0 Å². The van der Waals surface area contributed by atoms with Crippen LogP contribution >= 0.6 is 11.8 Å². The van der Waals surface area contributed by atoms with Crippen LogP contribution in [0.3, 0.4) is 0 Å². The van der Waals surface area contributed by atoms with E-state index in [-0.39, 0.29) is 17.4 Å². The zero-order valence-corrected chi connectivity index (χ0v) is 15.7. The van der Waals surface area contributed by atoms with E-state index in [0.29, 0.717) is 18.6 Å². The second kappa shape index (κ2) is 8.10. The summed E-state index contributed by atoms with van der Waals surface area (Å²) in [7, 11) is 0. The molecule has 4 nitrogen and oxygen atoms in total. The van der Waals surface area contributed by atoms with Crippen molar-refractivity contribution in [2.75, 3.05) is 6.26 Å². The van der Waals surface area contributed by atoms with Crippen LogP contribution in [0.25, 0.3) is 0 Å². The Bertz CT molecular complexity index is 916. The number of rotatable bonds is 7. The molecule has 1 aliphatic carbocycles. The first kappa shape index (κ1) is 21.2. The van der Waals surface area contributed by atoms with Crippen molar-refractivity contribution >= 4 is 17.7 Å². The number of carboxylic acid groups (broad SMARTS) is 1. The topological polar surface area (TPSA) is 55.8 Å². The van der Waals surface area contributed by atoms with Crippen LogP contribution in [0, 0.1) is 5.92 Å². The number of hydrogen-bond acceptors (Lipinski definition) is 4. The molecular weight excluding hydrogens is 419 g/mol. The number of aliphatic carboxylic acids is 1. The molecule has 1 aliphatic rings. The van der Waals surface area contributed by atoms with Crippen LogP contribution < -0.4 is 9.47 Å². The molecule has 0 heterocycles. The first-order valence-corrected chi connectivity index (χ1v) is 9.57. The lowest BCUT2D eigenvalue weighted by molar-refractivity contribution is -0.139. The summed E-state index contributed by atoms with van der Waals surface area (Å²) in [5.74, 6) is -2.28. The first-order chi connectivity index (χ1) is 13.6. The van der Waals surface area contributed by atoms with Crippen LogP contribution in [0.1, 0.15) is 23.5 Å². The smallest absolute Gasteiger partial charge is 0.416 e. The maximum atomic E-state index is 12.8. The number of carboxylic acids is 1. The number of halogens is 5. The molecule has 2 aromatic rings. The Kier molecular flexibility index (Phi) is 5.92. The highest BCUT2D eigenvalue weighted by Gasteiger charge is 2.45. The van der Waals surface area contributed by atoms with Gasteiger partial charge in [0, 0.05) is 4.90 Å². The fourth-order valence-corrected chi connectivity index (χ4v) is 3.65. The second-order valence-electron chi connectivity index (χ2n) is 6.33. The molecule has 0 aliphatic heterocycles. The molecule has 1 fully saturated rings. The highest BCUT2D eigenvalue weighted by molar-refractivity contribution is 7.98. The molecule has 0 amide bonds. The predicted octanol–water partition coefficient (Wildman–Crippen LogP) is 6.01. The number of carbonyl (C=O) groups is 1. The SMILES string of the molecule is CSc1cc(Oc2ccc(C(F)(F)F)cc2OC(F)F)ccc1C1CC1C(=O)O. The zero-order chi connectivity index (χ0) is 21.3. The number of thioether (sulfide) groups is 1. The highest BCUT2D eigenvalue weighted by atomic mass is 32.2. The molecule has 0 aromatic heterocycles. The molecule has 3 rings (SSSR count). The Balaban J connectivity index is 1.88. The first-order valence-electron chi connectivity index (χ1n) is 8.34. The number of ether oxygens (including phenoxy) is 2. The second-order valence-corrected chi connectivity index (χ2v) is 7.18. The fourth-order valence-electron chi connectivity index (χ4n) is 2.96. The Hall–Kier alpha value is -2.49. The molecule has 0 radical (unpaired) electrons. The summed E-state index contributed by atoms with van der Waals surface area (Å²) >= 11 is 1.35. The van der Waals surface area contributed by atoms with E-state index in [0.717, 1.165) is 16.5 Å². The summed E-state index contributed by atoms with van der Waals surface area (Å²) in [5, 5.41) is 9.09. The van der Waals surface area contributed by atoms with Gasteiger partial charge in [-0.3, -0.25) is 4.79 Å². The van der Waals surface area contributed by atoms with Crippen molar-refractivity contribution in [3.8, 4) is 17.2 Å². The van der Waals surface area contributed by atoms with Crippen LogP contribution in [-0.4, -0.2) is 23.9 Å². The quantitative estimate of drug-likeness (QED) is 0.427. The van der Waals surface area contributed by atoms with E-state index in [2.05, 4.69) is 4.74 Å². The molecule has 0 bridgehead atoms. The molecule has 1 saturated carbocycles. The summed E-state index contributed by atoms with van der Waals surface area (Å²) in [4.78, 5) is 11.8. The van der Waals surface area contributed by atoms with Crippen molar-refractivity contribution in [1.29, 1.82) is 0 Å². The molecule has 2 atom stereocenters. The van der Waals surface area contributed by atoms with Crippen LogP contribution in [0.4, 0.5) is 22.0 Å². The lowest BCUT2D eigenvalue weighted by Gasteiger charge is -2.16. The number of hydrogen-bond donors (Lipinski definition) is 1. The maximum absolute atomic E-state index is 12.8. The van der Waals surface area contributed by atoms with Gasteiger partial charge in [0.1, 0.15) is 5.75 Å². The normalized spacial score (nSPS) is 18.6. The van der Waals surface area contributed by atoms with Crippen LogP contribution in [-0.2, 0) is 11.0 Å². The van der Waals surface area contributed by atoms with Gasteiger partial charge in [0.25, 0.3) is 0 Å². The monoisotopic (exact) mass is 434 g/mol. The van der Waals surface area contributed by atoms with E-state index < -0.39 is 36.0 Å². The highest BCUT2D eigenvalue weighted by Crippen LogP contribution is 2.51. The lowest BCUT2D eigenvalue weighted by Crippen LogP contribution is -2.08. The predicted molar refractivity (Wildman–Crippen MR) is 94.9 cm³/mol. The minimum atomic E-state index is -4.72. The van der Waals surface area contributed by atoms with Crippen molar-refractivity contribution in [2.24, 2.45) is 5.92 Å². The van der Waals surface area contributed by atoms with Crippen LogP contribution in [0.2, 0.25) is 0 Å². The molecule has 0 spiro atoms. The van der Waals surface area contributed by atoms with E-state index in [4.69, 9.17) is 9.84 Å². The van der Waals surface area contributed by atoms with Gasteiger partial charge in [-0.1, -0.05) is 6.07 Å². The Morgan fingerprint density at radius 1 is 1.17 bits per heavy atom. The molecule has 29 heavy (non-hydrogen) atoms. The number of benzene rings is 2. The Morgan fingerprint density at radius 2 is 1.90 bits per heavy atom. The van der Waals surface area contributed by atoms with Gasteiger partial charge < -0.3 is 14.6 Å². The summed E-state index contributed by atoms with van der Waals surface area (Å²) in [6.07, 6.45) is -2.42. The summed E-state index contributed by atoms with van der Waals surface area (Å²) < 4.78 is 73.5. The third kappa shape index (κ3) is 4.92. The van der Waals surface area contributed by atoms with Gasteiger partial charge in [-0.15, -0.1) is 11.8 Å². The van der Waals surface area contributed by atoms with Gasteiger partial charge in [0.2, 0.25) is 0 Å². The largest absolute Gasteiger partial charge is 0.481 e. The molecule has 1 N–H and O–H groups in total. The van der Waals surface area contributed by atoms with Crippen molar-refractivity contribution in [1.82, 2.24) is 0 Å². The van der Waals surface area contributed by atoms with Gasteiger partial charge in [0.15, 0.2) is 11.5 Å². The van der Waals surface area contributed by atoms with Gasteiger partial charge in [0.05, 0.1) is 11.5 Å². The summed E-state index contributed by atoms with van der Waals surface area (Å²) in [6.45, 7) is -3.33. The average molecular weight is 434 g/mol. The maximum Gasteiger partial charge on any atom is 0.416 e. The summed E-state index contributed by atoms with van der Waals surface area (Å²) in [5.41, 5.74) is -0.317. The van der Waals surface area contributed by atoms with Crippen molar-refractivity contribution in [2.45, 2.75) is 30.0 Å². The Labute approximate surface area is 166 Å². The van der Waals surface area contributed by atoms with E-state index in [9.17, 15) is 26.7 Å². The third-order valence-electron chi connectivity index (χ3n) is 4.43. The van der Waals surface area contributed by atoms with Crippen LogP contribution in [0.5, 0.6) is 17.2 Å². The van der Waals surface area contributed by atoms with E-state index in [1.165, 1.54) is 17.8 Å². The van der Waals surface area contributed by atoms with Gasteiger partial charge >= 0.3 is 18.8 Å². The molecular formula is C19H15F5O4S. The Morgan fingerprint density at radius 3 is 2.45 bits per heavy atom. The number of alkyl halides is 5. The molecule has 10 heteroatoms. The lowest BCUT2D eigenvalue weighted by atomic mass is 10.1. The van der Waals surface area contributed by atoms with E-state index in [1.54, 1.807) is 18.4 Å². The summed E-state index contributed by atoms with van der Waals surface area (Å²) in [6, 6.07) is 6.84. The molecule has 156 valence electrons. The molecule has 0 saturated heterocycles. The molecule has 2 aromatic carbocycles. The van der Waals surface area contributed by atoms with E-state index in [1.807, 2.05) is 0 Å². The van der Waals surface area contributed by atoms with Crippen molar-refractivity contribution in [3.63, 3.8) is 0 Å². The van der Waals surface area contributed by atoms with Gasteiger partial charge in [-0.2, -0.15) is 22.0 Å².